The monoisotopic (exact) mass is 366 g/mol. The zero-order valence-corrected chi connectivity index (χ0v) is 15.3. The zero-order valence-electron chi connectivity index (χ0n) is 13.7. The van der Waals surface area contributed by atoms with Crippen LogP contribution in [0.25, 0.3) is 11.3 Å². The first kappa shape index (κ1) is 18.4. The van der Waals surface area contributed by atoms with Gasteiger partial charge in [0.2, 0.25) is 5.91 Å². The molecule has 1 heterocycles. The highest BCUT2D eigenvalue weighted by Gasteiger charge is 2.29. The highest BCUT2D eigenvalue weighted by molar-refractivity contribution is 7.14. The van der Waals surface area contributed by atoms with E-state index in [0.717, 1.165) is 5.56 Å². The topological polar surface area (TPSA) is 70.5 Å². The van der Waals surface area contributed by atoms with Gasteiger partial charge in [-0.15, -0.1) is 11.3 Å². The van der Waals surface area contributed by atoms with E-state index in [1.54, 1.807) is 13.1 Å². The second kappa shape index (κ2) is 7.77. The number of hydrogen-bond acceptors (Lipinski definition) is 4. The minimum atomic E-state index is -0.980. The summed E-state index contributed by atoms with van der Waals surface area (Å²) >= 11 is 7.50. The molecule has 0 aliphatic heterocycles. The normalized spacial score (nSPS) is 12.2. The molecule has 0 aliphatic rings. The average Bonchev–Trinajstić information content (AvgIpc) is 3.01. The molecule has 1 N–H and O–H groups in total. The highest BCUT2D eigenvalue weighted by atomic mass is 35.5. The molecule has 0 saturated heterocycles. The number of carbonyl (C=O) groups excluding carboxylic acids is 1. The fourth-order valence-electron chi connectivity index (χ4n) is 2.35. The Balaban J connectivity index is 2.24. The van der Waals surface area contributed by atoms with E-state index < -0.39 is 11.9 Å². The van der Waals surface area contributed by atoms with E-state index in [4.69, 9.17) is 16.7 Å². The molecule has 128 valence electrons. The molecule has 2 rings (SSSR count). The number of anilines is 1. The third-order valence-electron chi connectivity index (χ3n) is 3.78. The summed E-state index contributed by atoms with van der Waals surface area (Å²) < 4.78 is 0. The van der Waals surface area contributed by atoms with Gasteiger partial charge in [0.05, 0.1) is 18.0 Å². The number of halogens is 1. The second-order valence-corrected chi connectivity index (χ2v) is 7.08. The van der Waals surface area contributed by atoms with Crippen LogP contribution >= 0.6 is 22.9 Å². The summed E-state index contributed by atoms with van der Waals surface area (Å²) in [7, 11) is 1.62. The predicted octanol–water partition coefficient (Wildman–Crippen LogP) is 4.17. The van der Waals surface area contributed by atoms with Crippen molar-refractivity contribution in [2.45, 2.75) is 20.3 Å². The Bertz CT molecular complexity index is 745. The van der Waals surface area contributed by atoms with E-state index in [1.807, 2.05) is 37.4 Å². The van der Waals surface area contributed by atoms with Gasteiger partial charge in [-0.1, -0.05) is 43.6 Å². The van der Waals surface area contributed by atoms with Crippen molar-refractivity contribution in [1.82, 2.24) is 4.98 Å². The van der Waals surface area contributed by atoms with Crippen molar-refractivity contribution in [3.05, 3.63) is 34.7 Å². The van der Waals surface area contributed by atoms with E-state index in [0.29, 0.717) is 15.8 Å². The number of aliphatic carboxylic acids is 1. The first-order chi connectivity index (χ1) is 11.3. The molecule has 0 spiro atoms. The molecule has 1 aromatic carbocycles. The standard InChI is InChI=1S/C17H19ClN2O3S/c1-10(2)12(8-15(21)22)16(23)20(3)17-19-14(9-24-17)11-6-4-5-7-13(11)18/h4-7,9-10,12H,8H2,1-3H3,(H,21,22)/t12-/m0/s1. The van der Waals surface area contributed by atoms with Crippen molar-refractivity contribution in [2.75, 3.05) is 11.9 Å². The molecule has 0 unspecified atom stereocenters. The van der Waals surface area contributed by atoms with Crippen molar-refractivity contribution in [1.29, 1.82) is 0 Å². The smallest absolute Gasteiger partial charge is 0.304 e. The van der Waals surface area contributed by atoms with Crippen molar-refractivity contribution in [3.63, 3.8) is 0 Å². The van der Waals surface area contributed by atoms with Crippen LogP contribution in [0.4, 0.5) is 5.13 Å². The van der Waals surface area contributed by atoms with E-state index in [9.17, 15) is 9.59 Å². The summed E-state index contributed by atoms with van der Waals surface area (Å²) in [5.41, 5.74) is 1.49. The number of amides is 1. The van der Waals surface area contributed by atoms with Gasteiger partial charge < -0.3 is 5.11 Å². The van der Waals surface area contributed by atoms with Gasteiger partial charge >= 0.3 is 5.97 Å². The lowest BCUT2D eigenvalue weighted by atomic mass is 9.91. The van der Waals surface area contributed by atoms with Crippen LogP contribution in [0.2, 0.25) is 5.02 Å². The molecule has 0 radical (unpaired) electrons. The molecule has 0 saturated carbocycles. The van der Waals surface area contributed by atoms with E-state index in [-0.39, 0.29) is 18.2 Å². The molecule has 5 nitrogen and oxygen atoms in total. The maximum atomic E-state index is 12.6. The quantitative estimate of drug-likeness (QED) is 0.832. The first-order valence-electron chi connectivity index (χ1n) is 7.51. The summed E-state index contributed by atoms with van der Waals surface area (Å²) in [6.45, 7) is 3.69. The van der Waals surface area contributed by atoms with Gasteiger partial charge in [0.1, 0.15) is 0 Å². The number of nitrogens with zero attached hydrogens (tertiary/aromatic N) is 2. The van der Waals surface area contributed by atoms with Gasteiger partial charge in [-0.05, 0) is 12.0 Å². The molecule has 7 heteroatoms. The van der Waals surface area contributed by atoms with Crippen molar-refractivity contribution in [2.24, 2.45) is 11.8 Å². The van der Waals surface area contributed by atoms with Crippen LogP contribution in [-0.2, 0) is 9.59 Å². The summed E-state index contributed by atoms with van der Waals surface area (Å²) in [4.78, 5) is 29.5. The lowest BCUT2D eigenvalue weighted by molar-refractivity contribution is -0.141. The Labute approximate surface area is 149 Å². The number of carbonyl (C=O) groups is 2. The zero-order chi connectivity index (χ0) is 17.9. The summed E-state index contributed by atoms with van der Waals surface area (Å²) in [5, 5.41) is 12.0. The second-order valence-electron chi connectivity index (χ2n) is 5.84. The molecule has 2 aromatic rings. The first-order valence-corrected chi connectivity index (χ1v) is 8.76. The van der Waals surface area contributed by atoms with Gasteiger partial charge in [-0.2, -0.15) is 0 Å². The van der Waals surface area contributed by atoms with Crippen LogP contribution in [-0.4, -0.2) is 29.0 Å². The number of aromatic nitrogens is 1. The van der Waals surface area contributed by atoms with Crippen LogP contribution < -0.4 is 4.90 Å². The van der Waals surface area contributed by atoms with Crippen LogP contribution in [0.3, 0.4) is 0 Å². The SMILES string of the molecule is CC(C)[C@H](CC(=O)O)C(=O)N(C)c1nc(-c2ccccc2Cl)cs1. The molecular weight excluding hydrogens is 348 g/mol. The van der Waals surface area contributed by atoms with Crippen molar-refractivity contribution < 1.29 is 14.7 Å². The third-order valence-corrected chi connectivity index (χ3v) is 5.02. The van der Waals surface area contributed by atoms with Gasteiger partial charge in [-0.3, -0.25) is 14.5 Å². The number of benzene rings is 1. The van der Waals surface area contributed by atoms with Crippen molar-refractivity contribution in [3.8, 4) is 11.3 Å². The number of thiazole rings is 1. The Morgan fingerprint density at radius 2 is 2.00 bits per heavy atom. The lowest BCUT2D eigenvalue weighted by Gasteiger charge is -2.23. The highest BCUT2D eigenvalue weighted by Crippen LogP contribution is 2.32. The minimum absolute atomic E-state index is 0.0703. The maximum absolute atomic E-state index is 12.6. The third kappa shape index (κ3) is 4.13. The summed E-state index contributed by atoms with van der Waals surface area (Å²) in [6.07, 6.45) is -0.191. The van der Waals surface area contributed by atoms with Gasteiger partial charge in [-0.25, -0.2) is 4.98 Å². The average molecular weight is 367 g/mol. The Morgan fingerprint density at radius 1 is 1.33 bits per heavy atom. The van der Waals surface area contributed by atoms with Crippen molar-refractivity contribution >= 4 is 39.9 Å². The summed E-state index contributed by atoms with van der Waals surface area (Å²) in [5.74, 6) is -1.88. The molecule has 0 aliphatic carbocycles. The predicted molar refractivity (Wildman–Crippen MR) is 96.6 cm³/mol. The van der Waals surface area contributed by atoms with Gasteiger partial charge in [0.25, 0.3) is 0 Å². The fourth-order valence-corrected chi connectivity index (χ4v) is 3.38. The minimum Gasteiger partial charge on any atom is -0.481 e. The van der Waals surface area contributed by atoms with Crippen LogP contribution in [0.1, 0.15) is 20.3 Å². The Hall–Kier alpha value is -1.92. The Morgan fingerprint density at radius 3 is 2.58 bits per heavy atom. The molecule has 0 fully saturated rings. The molecule has 1 aromatic heterocycles. The number of carboxylic acids is 1. The lowest BCUT2D eigenvalue weighted by Crippen LogP contribution is -2.36. The van der Waals surface area contributed by atoms with Crippen LogP contribution in [0.5, 0.6) is 0 Å². The van der Waals surface area contributed by atoms with Gasteiger partial charge in [0, 0.05) is 23.0 Å². The summed E-state index contributed by atoms with van der Waals surface area (Å²) in [6, 6.07) is 7.36. The fraction of sp³-hybridized carbons (Fsp3) is 0.353. The van der Waals surface area contributed by atoms with Crippen LogP contribution in [0, 0.1) is 11.8 Å². The van der Waals surface area contributed by atoms with Crippen LogP contribution in [0.15, 0.2) is 29.6 Å². The Kier molecular flexibility index (Phi) is 5.96. The van der Waals surface area contributed by atoms with Gasteiger partial charge in [0.15, 0.2) is 5.13 Å². The molecule has 24 heavy (non-hydrogen) atoms. The number of hydrogen-bond donors (Lipinski definition) is 1. The molecule has 1 atom stereocenters. The number of carboxylic acid groups (broad SMARTS) is 1. The number of rotatable bonds is 6. The molecular formula is C17H19ClN2O3S. The van der Waals surface area contributed by atoms with E-state index in [2.05, 4.69) is 4.98 Å². The van der Waals surface area contributed by atoms with E-state index in [1.165, 1.54) is 16.2 Å². The molecule has 1 amide bonds. The van der Waals surface area contributed by atoms with E-state index >= 15 is 0 Å². The maximum Gasteiger partial charge on any atom is 0.304 e. The molecule has 0 bridgehead atoms. The largest absolute Gasteiger partial charge is 0.481 e.